The molecule has 5 rings (SSSR count). The predicted molar refractivity (Wildman–Crippen MR) is 159 cm³/mol. The number of likely N-dealkylation sites (N-methyl/N-ethyl adjacent to an activating group) is 1. The fraction of sp³-hybridized carbons (Fsp3) is 0.438. The molecule has 1 N–H and O–H groups in total. The van der Waals surface area contributed by atoms with Gasteiger partial charge in [-0.3, -0.25) is 19.1 Å². The van der Waals surface area contributed by atoms with Crippen LogP contribution in [0.1, 0.15) is 49.5 Å². The molecule has 3 heterocycles. The average molecular weight is 590 g/mol. The third-order valence-electron chi connectivity index (χ3n) is 7.46. The predicted octanol–water partition coefficient (Wildman–Crippen LogP) is 3.63. The van der Waals surface area contributed by atoms with Crippen LogP contribution in [0, 0.1) is 0 Å². The first-order valence-corrected chi connectivity index (χ1v) is 14.8. The highest BCUT2D eigenvalue weighted by molar-refractivity contribution is 5.97. The van der Waals surface area contributed by atoms with Crippen LogP contribution in [-0.2, 0) is 27.5 Å². The molecule has 1 aromatic heterocycles. The lowest BCUT2D eigenvalue weighted by Crippen LogP contribution is -2.58. The number of aryl methyl sites for hydroxylation is 1. The van der Waals surface area contributed by atoms with Gasteiger partial charge in [0, 0.05) is 56.6 Å². The summed E-state index contributed by atoms with van der Waals surface area (Å²) in [5, 5.41) is 7.24. The van der Waals surface area contributed by atoms with Crippen molar-refractivity contribution in [2.24, 2.45) is 0 Å². The van der Waals surface area contributed by atoms with Crippen LogP contribution in [0.15, 0.2) is 60.9 Å². The minimum Gasteiger partial charge on any atom is -0.491 e. The quantitative estimate of drug-likeness (QED) is 0.467. The van der Waals surface area contributed by atoms with E-state index in [4.69, 9.17) is 14.2 Å². The highest BCUT2D eigenvalue weighted by atomic mass is 16.5. The number of aromatic nitrogens is 2. The molecule has 11 heteroatoms. The van der Waals surface area contributed by atoms with E-state index in [1.54, 1.807) is 34.0 Å². The molecule has 43 heavy (non-hydrogen) atoms. The van der Waals surface area contributed by atoms with Gasteiger partial charge in [0.1, 0.15) is 17.2 Å². The lowest BCUT2D eigenvalue weighted by Gasteiger charge is -2.39. The number of fused-ring (bicyclic) bond motifs is 5. The molecule has 1 fully saturated rings. The Bertz CT molecular complexity index is 1430. The van der Waals surface area contributed by atoms with Crippen molar-refractivity contribution < 1.29 is 28.6 Å². The van der Waals surface area contributed by atoms with E-state index < -0.39 is 6.04 Å². The van der Waals surface area contributed by atoms with E-state index in [1.807, 2.05) is 57.3 Å². The van der Waals surface area contributed by atoms with Gasteiger partial charge in [-0.25, -0.2) is 0 Å². The van der Waals surface area contributed by atoms with Crippen molar-refractivity contribution in [2.45, 2.75) is 65.0 Å². The Balaban J connectivity index is 1.39. The van der Waals surface area contributed by atoms with Crippen LogP contribution in [-0.4, -0.2) is 81.7 Å². The maximum Gasteiger partial charge on any atom is 0.254 e. The molecule has 11 nitrogen and oxygen atoms in total. The number of nitrogens with zero attached hydrogens (tertiary/aromatic N) is 4. The zero-order chi connectivity index (χ0) is 30.3. The number of ether oxygens (including phenoxy) is 3. The monoisotopic (exact) mass is 589 g/mol. The van der Waals surface area contributed by atoms with Crippen LogP contribution < -0.4 is 14.8 Å². The van der Waals surface area contributed by atoms with Crippen molar-refractivity contribution in [2.75, 3.05) is 26.2 Å². The lowest BCUT2D eigenvalue weighted by atomic mass is 10.0. The number of carbonyl (C=O) groups excluding carboxylic acids is 3. The molecular weight excluding hydrogens is 550 g/mol. The van der Waals surface area contributed by atoms with E-state index >= 15 is 0 Å². The summed E-state index contributed by atoms with van der Waals surface area (Å²) in [6.07, 6.45) is 3.96. The summed E-state index contributed by atoms with van der Waals surface area (Å²) in [4.78, 5) is 43.3. The summed E-state index contributed by atoms with van der Waals surface area (Å²) in [6, 6.07) is 14.0. The fourth-order valence-electron chi connectivity index (χ4n) is 5.36. The van der Waals surface area contributed by atoms with Crippen LogP contribution >= 0.6 is 0 Å². The van der Waals surface area contributed by atoms with Crippen molar-refractivity contribution >= 4 is 17.7 Å². The number of carbonyl (C=O) groups is 3. The summed E-state index contributed by atoms with van der Waals surface area (Å²) in [5.74, 6) is 0.910. The summed E-state index contributed by atoms with van der Waals surface area (Å²) in [6.45, 7) is 7.45. The Hall–Kier alpha value is -4.38. The van der Waals surface area contributed by atoms with Crippen molar-refractivity contribution in [3.05, 3.63) is 72.1 Å². The molecule has 3 aromatic rings. The van der Waals surface area contributed by atoms with Crippen molar-refractivity contribution in [1.82, 2.24) is 24.9 Å². The van der Waals surface area contributed by atoms with Crippen LogP contribution in [0.25, 0.3) is 0 Å². The summed E-state index contributed by atoms with van der Waals surface area (Å²) >= 11 is 0. The van der Waals surface area contributed by atoms with Gasteiger partial charge in [0.25, 0.3) is 5.91 Å². The van der Waals surface area contributed by atoms with Crippen molar-refractivity contribution in [3.63, 3.8) is 0 Å². The first kappa shape index (κ1) is 30.1. The summed E-state index contributed by atoms with van der Waals surface area (Å²) < 4.78 is 20.2. The molecule has 0 saturated carbocycles. The molecule has 0 aliphatic carbocycles. The maximum absolute atomic E-state index is 13.6. The number of nitrogens with one attached hydrogen (secondary N) is 1. The lowest BCUT2D eigenvalue weighted by molar-refractivity contribution is -0.137. The van der Waals surface area contributed by atoms with E-state index in [0.29, 0.717) is 68.4 Å². The Morgan fingerprint density at radius 2 is 2.00 bits per heavy atom. The SMILES string of the molecule is CCN1CC(=O)N[C@H]2CN(C(=O)CCn3cccn3)CC[C@@H]2OCc2cccc(c2)Oc2cc(OC(C)C)cc(c2)C1=O. The first-order valence-electron chi connectivity index (χ1n) is 14.8. The molecule has 0 spiro atoms. The highest BCUT2D eigenvalue weighted by Crippen LogP contribution is 2.30. The third-order valence-corrected chi connectivity index (χ3v) is 7.46. The zero-order valence-corrected chi connectivity index (χ0v) is 24.9. The topological polar surface area (TPSA) is 115 Å². The van der Waals surface area contributed by atoms with Crippen LogP contribution in [0.2, 0.25) is 0 Å². The Labute approximate surface area is 251 Å². The van der Waals surface area contributed by atoms with Gasteiger partial charge < -0.3 is 29.3 Å². The molecule has 2 aliphatic rings. The molecule has 228 valence electrons. The number of rotatable bonds is 6. The second kappa shape index (κ2) is 13.7. The van der Waals surface area contributed by atoms with Gasteiger partial charge in [0.2, 0.25) is 11.8 Å². The van der Waals surface area contributed by atoms with Crippen molar-refractivity contribution in [1.29, 1.82) is 0 Å². The van der Waals surface area contributed by atoms with Gasteiger partial charge >= 0.3 is 0 Å². The number of hydrogen-bond acceptors (Lipinski definition) is 7. The number of piperidine rings is 1. The zero-order valence-electron chi connectivity index (χ0n) is 24.9. The second-order valence-electron chi connectivity index (χ2n) is 11.1. The molecule has 2 aliphatic heterocycles. The maximum atomic E-state index is 13.6. The molecule has 0 radical (unpaired) electrons. The van der Waals surface area contributed by atoms with E-state index in [9.17, 15) is 14.4 Å². The van der Waals surface area contributed by atoms with E-state index in [-0.39, 0.29) is 36.5 Å². The van der Waals surface area contributed by atoms with Gasteiger partial charge in [-0.15, -0.1) is 0 Å². The average Bonchev–Trinajstić information content (AvgIpc) is 3.51. The van der Waals surface area contributed by atoms with Gasteiger partial charge in [-0.2, -0.15) is 5.10 Å². The molecule has 3 amide bonds. The molecule has 4 bridgehead atoms. The number of likely N-dealkylation sites (tertiary alicyclic amines) is 1. The van der Waals surface area contributed by atoms with Crippen LogP contribution in [0.5, 0.6) is 17.2 Å². The minimum absolute atomic E-state index is 0.00939. The highest BCUT2D eigenvalue weighted by Gasteiger charge is 2.34. The van der Waals surface area contributed by atoms with Gasteiger partial charge in [-0.1, -0.05) is 12.1 Å². The fourth-order valence-corrected chi connectivity index (χ4v) is 5.36. The number of amides is 3. The summed E-state index contributed by atoms with van der Waals surface area (Å²) in [5.41, 5.74) is 1.26. The molecule has 2 atom stereocenters. The van der Waals surface area contributed by atoms with E-state index in [2.05, 4.69) is 10.4 Å². The Kier molecular flexibility index (Phi) is 9.61. The second-order valence-corrected chi connectivity index (χ2v) is 11.1. The largest absolute Gasteiger partial charge is 0.491 e. The third kappa shape index (κ3) is 7.92. The van der Waals surface area contributed by atoms with E-state index in [1.165, 1.54) is 4.90 Å². The molecule has 0 unspecified atom stereocenters. The number of benzene rings is 2. The standard InChI is InChI=1S/C32H39N5O6/c1-4-35-20-30(38)34-28-19-36(31(39)10-14-37-12-6-11-33-37)13-9-29(28)41-21-23-7-5-8-25(15-23)43-27-17-24(32(35)40)16-26(18-27)42-22(2)3/h5-8,11-12,15-18,22,28-29H,4,9-10,13-14,19-21H2,1-3H3,(H,34,38)/t28-,29-/m0/s1. The minimum atomic E-state index is -0.439. The molecule has 2 aromatic carbocycles. The Morgan fingerprint density at radius 3 is 2.77 bits per heavy atom. The molecular formula is C32H39N5O6. The smallest absolute Gasteiger partial charge is 0.254 e. The molecule has 1 saturated heterocycles. The van der Waals surface area contributed by atoms with Crippen molar-refractivity contribution in [3.8, 4) is 17.2 Å². The summed E-state index contributed by atoms with van der Waals surface area (Å²) in [7, 11) is 0. The van der Waals surface area contributed by atoms with E-state index in [0.717, 1.165) is 5.56 Å². The van der Waals surface area contributed by atoms with Crippen LogP contribution in [0.4, 0.5) is 0 Å². The Morgan fingerprint density at radius 1 is 1.14 bits per heavy atom. The van der Waals surface area contributed by atoms with Gasteiger partial charge in [0.05, 0.1) is 31.4 Å². The normalized spacial score (nSPS) is 19.4. The van der Waals surface area contributed by atoms with Gasteiger partial charge in [-0.05, 0) is 63.1 Å². The first-order chi connectivity index (χ1) is 20.8. The number of hydrogen-bond donors (Lipinski definition) is 1. The van der Waals surface area contributed by atoms with Gasteiger partial charge in [0.15, 0.2) is 0 Å². The van der Waals surface area contributed by atoms with Crippen LogP contribution in [0.3, 0.4) is 0 Å².